The largest absolute Gasteiger partial charge is 0.318 e. The van der Waals surface area contributed by atoms with Crippen LogP contribution in [0, 0.1) is 5.82 Å². The highest BCUT2D eigenvalue weighted by Gasteiger charge is 2.19. The predicted molar refractivity (Wildman–Crippen MR) is 82.7 cm³/mol. The van der Waals surface area contributed by atoms with Crippen LogP contribution in [0.3, 0.4) is 0 Å². The fourth-order valence-electron chi connectivity index (χ4n) is 1.78. The molecule has 0 unspecified atom stereocenters. The minimum absolute atomic E-state index is 0.0834. The number of hydrogen-bond acceptors (Lipinski definition) is 3. The topological polar surface area (TPSA) is 59.3 Å². The average molecular weight is 414 g/mol. The number of anilines is 1. The van der Waals surface area contributed by atoms with Gasteiger partial charge < -0.3 is 5.32 Å². The molecule has 2 aromatic heterocycles. The third kappa shape index (κ3) is 2.68. The standard InChI is InChI=1S/C13H7Br2FN4O/c14-7-2-3-9(8(16)6-7)18-13(21)11-10(15)12-17-4-1-5-20(12)19-11/h1-6H,(H,18,21). The number of aromatic nitrogens is 3. The second-order valence-electron chi connectivity index (χ2n) is 4.13. The first-order valence-corrected chi connectivity index (χ1v) is 7.40. The molecule has 0 aliphatic carbocycles. The van der Waals surface area contributed by atoms with Gasteiger partial charge in [-0.2, -0.15) is 5.10 Å². The van der Waals surface area contributed by atoms with Gasteiger partial charge in [0.25, 0.3) is 5.91 Å². The molecule has 21 heavy (non-hydrogen) atoms. The summed E-state index contributed by atoms with van der Waals surface area (Å²) in [4.78, 5) is 16.3. The Hall–Kier alpha value is -1.80. The Morgan fingerprint density at radius 3 is 2.86 bits per heavy atom. The van der Waals surface area contributed by atoms with Gasteiger partial charge >= 0.3 is 0 Å². The van der Waals surface area contributed by atoms with Crippen molar-refractivity contribution in [1.82, 2.24) is 14.6 Å². The smallest absolute Gasteiger partial charge is 0.277 e. The lowest BCUT2D eigenvalue weighted by Crippen LogP contribution is -2.14. The fraction of sp³-hybridized carbons (Fsp3) is 0. The Labute approximate surface area is 135 Å². The highest BCUT2D eigenvalue weighted by atomic mass is 79.9. The zero-order valence-electron chi connectivity index (χ0n) is 10.3. The van der Waals surface area contributed by atoms with Gasteiger partial charge in [-0.05, 0) is 40.2 Å². The molecule has 1 amide bonds. The van der Waals surface area contributed by atoms with Gasteiger partial charge in [0, 0.05) is 16.9 Å². The average Bonchev–Trinajstić information content (AvgIpc) is 2.80. The van der Waals surface area contributed by atoms with Gasteiger partial charge in [0.1, 0.15) is 5.82 Å². The van der Waals surface area contributed by atoms with Crippen LogP contribution in [0.2, 0.25) is 0 Å². The summed E-state index contributed by atoms with van der Waals surface area (Å²) in [6.45, 7) is 0. The number of nitrogens with zero attached hydrogens (tertiary/aromatic N) is 3. The van der Waals surface area contributed by atoms with Crippen LogP contribution in [-0.2, 0) is 0 Å². The van der Waals surface area contributed by atoms with E-state index in [0.717, 1.165) is 0 Å². The molecule has 0 spiro atoms. The van der Waals surface area contributed by atoms with Crippen molar-refractivity contribution < 1.29 is 9.18 Å². The minimum Gasteiger partial charge on any atom is -0.318 e. The lowest BCUT2D eigenvalue weighted by atomic mass is 10.3. The third-order valence-electron chi connectivity index (χ3n) is 2.73. The van der Waals surface area contributed by atoms with Crippen molar-refractivity contribution in [2.75, 3.05) is 5.32 Å². The molecule has 0 radical (unpaired) electrons. The maximum absolute atomic E-state index is 13.7. The van der Waals surface area contributed by atoms with Crippen LogP contribution >= 0.6 is 31.9 Å². The number of nitrogens with one attached hydrogen (secondary N) is 1. The summed E-state index contributed by atoms with van der Waals surface area (Å²) in [7, 11) is 0. The first-order valence-electron chi connectivity index (χ1n) is 5.81. The van der Waals surface area contributed by atoms with Gasteiger partial charge in [-0.25, -0.2) is 13.9 Å². The molecule has 1 aromatic carbocycles. The maximum Gasteiger partial charge on any atom is 0.277 e. The Morgan fingerprint density at radius 2 is 2.14 bits per heavy atom. The van der Waals surface area contributed by atoms with Crippen molar-refractivity contribution in [2.45, 2.75) is 0 Å². The van der Waals surface area contributed by atoms with E-state index in [0.29, 0.717) is 14.6 Å². The number of benzene rings is 1. The lowest BCUT2D eigenvalue weighted by Gasteiger charge is -2.05. The monoisotopic (exact) mass is 412 g/mol. The summed E-state index contributed by atoms with van der Waals surface area (Å²) < 4.78 is 16.3. The van der Waals surface area contributed by atoms with E-state index >= 15 is 0 Å². The summed E-state index contributed by atoms with van der Waals surface area (Å²) in [6, 6.07) is 6.08. The summed E-state index contributed by atoms with van der Waals surface area (Å²) in [5.74, 6) is -1.05. The van der Waals surface area contributed by atoms with E-state index in [1.807, 2.05) is 0 Å². The highest BCUT2D eigenvalue weighted by Crippen LogP contribution is 2.23. The number of carbonyl (C=O) groups excluding carboxylic acids is 1. The van der Waals surface area contributed by atoms with E-state index in [1.165, 1.54) is 16.6 Å². The van der Waals surface area contributed by atoms with Crippen molar-refractivity contribution >= 4 is 49.1 Å². The Morgan fingerprint density at radius 1 is 1.33 bits per heavy atom. The van der Waals surface area contributed by atoms with Gasteiger partial charge in [0.2, 0.25) is 0 Å². The molecule has 106 valence electrons. The molecule has 0 saturated heterocycles. The molecule has 2 heterocycles. The van der Waals surface area contributed by atoms with Crippen LogP contribution in [0.25, 0.3) is 5.65 Å². The molecule has 8 heteroatoms. The van der Waals surface area contributed by atoms with E-state index < -0.39 is 11.7 Å². The van der Waals surface area contributed by atoms with Crippen LogP contribution in [0.1, 0.15) is 10.5 Å². The van der Waals surface area contributed by atoms with E-state index in [1.54, 1.807) is 24.5 Å². The summed E-state index contributed by atoms with van der Waals surface area (Å²) in [5, 5.41) is 6.61. The Balaban J connectivity index is 1.95. The second kappa shape index (κ2) is 5.53. The minimum atomic E-state index is -0.532. The number of amides is 1. The summed E-state index contributed by atoms with van der Waals surface area (Å²) in [5.41, 5.74) is 0.732. The van der Waals surface area contributed by atoms with Crippen LogP contribution in [0.5, 0.6) is 0 Å². The lowest BCUT2D eigenvalue weighted by molar-refractivity contribution is 0.102. The Bertz CT molecular complexity index is 849. The molecule has 1 N–H and O–H groups in total. The molecule has 0 aliphatic rings. The molecular weight excluding hydrogens is 407 g/mol. The molecule has 3 rings (SSSR count). The van der Waals surface area contributed by atoms with E-state index in [9.17, 15) is 9.18 Å². The number of halogens is 3. The molecule has 5 nitrogen and oxygen atoms in total. The van der Waals surface area contributed by atoms with Gasteiger partial charge in [0.05, 0.1) is 10.2 Å². The molecule has 0 atom stereocenters. The third-order valence-corrected chi connectivity index (χ3v) is 3.96. The van der Waals surface area contributed by atoms with Crippen LogP contribution in [-0.4, -0.2) is 20.5 Å². The first kappa shape index (κ1) is 14.2. The zero-order valence-corrected chi connectivity index (χ0v) is 13.5. The Kier molecular flexibility index (Phi) is 3.73. The van der Waals surface area contributed by atoms with Crippen molar-refractivity contribution in [3.05, 3.63) is 57.1 Å². The normalized spacial score (nSPS) is 10.8. The number of fused-ring (bicyclic) bond motifs is 1. The SMILES string of the molecule is O=C(Nc1ccc(Br)cc1F)c1nn2cccnc2c1Br. The van der Waals surface area contributed by atoms with E-state index in [-0.39, 0.29) is 11.4 Å². The number of rotatable bonds is 2. The van der Waals surface area contributed by atoms with Crippen molar-refractivity contribution in [2.24, 2.45) is 0 Å². The van der Waals surface area contributed by atoms with Gasteiger partial charge in [-0.15, -0.1) is 0 Å². The van der Waals surface area contributed by atoms with E-state index in [2.05, 4.69) is 47.3 Å². The number of carbonyl (C=O) groups is 1. The molecular formula is C13H7Br2FN4O. The van der Waals surface area contributed by atoms with Crippen LogP contribution in [0.4, 0.5) is 10.1 Å². The van der Waals surface area contributed by atoms with Crippen molar-refractivity contribution in [3.63, 3.8) is 0 Å². The summed E-state index contributed by atoms with van der Waals surface area (Å²) in [6.07, 6.45) is 3.27. The molecule has 0 aliphatic heterocycles. The zero-order chi connectivity index (χ0) is 15.0. The highest BCUT2D eigenvalue weighted by molar-refractivity contribution is 9.11. The molecule has 3 aromatic rings. The molecule has 0 fully saturated rings. The fourth-order valence-corrected chi connectivity index (χ4v) is 2.65. The van der Waals surface area contributed by atoms with Gasteiger partial charge in [-0.1, -0.05) is 15.9 Å². The molecule has 0 bridgehead atoms. The predicted octanol–water partition coefficient (Wildman–Crippen LogP) is 3.65. The van der Waals surface area contributed by atoms with Gasteiger partial charge in [-0.3, -0.25) is 4.79 Å². The van der Waals surface area contributed by atoms with E-state index in [4.69, 9.17) is 0 Å². The number of hydrogen-bond donors (Lipinski definition) is 1. The first-order chi connectivity index (χ1) is 10.1. The van der Waals surface area contributed by atoms with Crippen LogP contribution in [0.15, 0.2) is 45.6 Å². The maximum atomic E-state index is 13.7. The summed E-state index contributed by atoms with van der Waals surface area (Å²) >= 11 is 6.45. The second-order valence-corrected chi connectivity index (χ2v) is 5.84. The van der Waals surface area contributed by atoms with Gasteiger partial charge in [0.15, 0.2) is 11.3 Å². The van der Waals surface area contributed by atoms with Crippen molar-refractivity contribution in [1.29, 1.82) is 0 Å². The van der Waals surface area contributed by atoms with Crippen molar-refractivity contribution in [3.8, 4) is 0 Å². The quantitative estimate of drug-likeness (QED) is 0.697. The molecule has 0 saturated carbocycles. The van der Waals surface area contributed by atoms with Crippen LogP contribution < -0.4 is 5.32 Å².